The molecule has 0 unspecified atom stereocenters. The van der Waals surface area contributed by atoms with Crippen LogP contribution in [0.5, 0.6) is 0 Å². The summed E-state index contributed by atoms with van der Waals surface area (Å²) >= 11 is 0. The van der Waals surface area contributed by atoms with Gasteiger partial charge in [0, 0.05) is 26.0 Å². The third-order valence-corrected chi connectivity index (χ3v) is 2.11. The second-order valence-corrected chi connectivity index (χ2v) is 4.21. The highest BCUT2D eigenvalue weighted by molar-refractivity contribution is 5.77. The fourth-order valence-electron chi connectivity index (χ4n) is 1.19. The van der Waals surface area contributed by atoms with Gasteiger partial charge in [-0.05, 0) is 18.9 Å². The molecule has 0 aromatic carbocycles. The molecule has 0 heterocycles. The first-order chi connectivity index (χ1) is 7.16. The molecule has 3 heteroatoms. The van der Waals surface area contributed by atoms with Crippen LogP contribution in [0.15, 0.2) is 0 Å². The maximum Gasteiger partial charge on any atom is 0.132 e. The van der Waals surface area contributed by atoms with Crippen molar-refractivity contribution in [3.8, 4) is 0 Å². The van der Waals surface area contributed by atoms with E-state index in [2.05, 4.69) is 19.2 Å². The molecule has 0 aliphatic heterocycles. The first kappa shape index (κ1) is 14.6. The van der Waals surface area contributed by atoms with Crippen LogP contribution in [0.3, 0.4) is 0 Å². The maximum atomic E-state index is 11.0. The number of ketones is 1. The van der Waals surface area contributed by atoms with Crippen molar-refractivity contribution in [1.82, 2.24) is 5.32 Å². The highest BCUT2D eigenvalue weighted by atomic mass is 16.5. The van der Waals surface area contributed by atoms with E-state index in [0.29, 0.717) is 31.1 Å². The number of carbonyl (C=O) groups excluding carboxylic acids is 1. The largest absolute Gasteiger partial charge is 0.380 e. The Morgan fingerprint density at radius 2 is 2.07 bits per heavy atom. The highest BCUT2D eigenvalue weighted by Crippen LogP contribution is 1.94. The van der Waals surface area contributed by atoms with Gasteiger partial charge in [0.05, 0.1) is 6.61 Å². The summed E-state index contributed by atoms with van der Waals surface area (Å²) in [6.45, 7) is 9.66. The smallest absolute Gasteiger partial charge is 0.132 e. The molecule has 0 amide bonds. The van der Waals surface area contributed by atoms with Gasteiger partial charge in [-0.1, -0.05) is 20.8 Å². The van der Waals surface area contributed by atoms with Gasteiger partial charge in [0.15, 0.2) is 0 Å². The van der Waals surface area contributed by atoms with Crippen LogP contribution in [0.2, 0.25) is 0 Å². The topological polar surface area (TPSA) is 38.3 Å². The monoisotopic (exact) mass is 215 g/mol. The molecule has 0 bridgehead atoms. The van der Waals surface area contributed by atoms with E-state index in [-0.39, 0.29) is 0 Å². The zero-order valence-corrected chi connectivity index (χ0v) is 10.3. The molecule has 0 aromatic heterocycles. The molecule has 0 radical (unpaired) electrons. The second-order valence-electron chi connectivity index (χ2n) is 4.21. The van der Waals surface area contributed by atoms with E-state index in [9.17, 15) is 4.79 Å². The molecule has 90 valence electrons. The van der Waals surface area contributed by atoms with Crippen molar-refractivity contribution in [2.75, 3.05) is 26.3 Å². The lowest BCUT2D eigenvalue weighted by atomic mass is 10.2. The summed E-state index contributed by atoms with van der Waals surface area (Å²) in [4.78, 5) is 11.0. The predicted molar refractivity (Wildman–Crippen MR) is 63.1 cm³/mol. The average Bonchev–Trinajstić information content (AvgIpc) is 2.21. The average molecular weight is 215 g/mol. The lowest BCUT2D eigenvalue weighted by molar-refractivity contribution is -0.119. The van der Waals surface area contributed by atoms with E-state index in [1.54, 1.807) is 0 Å². The van der Waals surface area contributed by atoms with Crippen molar-refractivity contribution >= 4 is 5.78 Å². The van der Waals surface area contributed by atoms with Gasteiger partial charge < -0.3 is 10.1 Å². The van der Waals surface area contributed by atoms with Crippen molar-refractivity contribution in [3.63, 3.8) is 0 Å². The predicted octanol–water partition coefficient (Wildman–Crippen LogP) is 2.01. The summed E-state index contributed by atoms with van der Waals surface area (Å²) in [6, 6.07) is 0. The van der Waals surface area contributed by atoms with E-state index < -0.39 is 0 Å². The van der Waals surface area contributed by atoms with Crippen LogP contribution in [0, 0.1) is 5.92 Å². The molecule has 0 saturated carbocycles. The normalized spacial score (nSPS) is 10.9. The SMILES string of the molecule is CCC(=O)CCCOCCNCC(C)C. The van der Waals surface area contributed by atoms with Crippen LogP contribution in [0.1, 0.15) is 40.0 Å². The summed E-state index contributed by atoms with van der Waals surface area (Å²) in [7, 11) is 0. The van der Waals surface area contributed by atoms with E-state index in [4.69, 9.17) is 4.74 Å². The first-order valence-electron chi connectivity index (χ1n) is 5.97. The van der Waals surface area contributed by atoms with Crippen LogP contribution in [-0.4, -0.2) is 32.1 Å². The minimum absolute atomic E-state index is 0.330. The number of carbonyl (C=O) groups is 1. The number of hydrogen-bond acceptors (Lipinski definition) is 3. The van der Waals surface area contributed by atoms with Gasteiger partial charge in [0.1, 0.15) is 5.78 Å². The molecular weight excluding hydrogens is 190 g/mol. The number of hydrogen-bond donors (Lipinski definition) is 1. The zero-order chi connectivity index (χ0) is 11.5. The van der Waals surface area contributed by atoms with Crippen molar-refractivity contribution < 1.29 is 9.53 Å². The molecule has 0 saturated heterocycles. The van der Waals surface area contributed by atoms with Crippen molar-refractivity contribution in [2.24, 2.45) is 5.92 Å². The van der Waals surface area contributed by atoms with E-state index in [1.807, 2.05) is 6.92 Å². The van der Waals surface area contributed by atoms with Crippen LogP contribution in [0.4, 0.5) is 0 Å². The third-order valence-electron chi connectivity index (χ3n) is 2.11. The second kappa shape index (κ2) is 10.1. The van der Waals surface area contributed by atoms with Gasteiger partial charge in [-0.25, -0.2) is 0 Å². The molecule has 0 aromatic rings. The molecule has 0 aliphatic carbocycles. The van der Waals surface area contributed by atoms with Gasteiger partial charge in [-0.2, -0.15) is 0 Å². The summed E-state index contributed by atoms with van der Waals surface area (Å²) < 4.78 is 5.40. The molecule has 0 fully saturated rings. The minimum atomic E-state index is 0.330. The van der Waals surface area contributed by atoms with Crippen LogP contribution >= 0.6 is 0 Å². The number of rotatable bonds is 10. The molecule has 15 heavy (non-hydrogen) atoms. The summed E-state index contributed by atoms with van der Waals surface area (Å²) in [5.41, 5.74) is 0. The van der Waals surface area contributed by atoms with Crippen LogP contribution in [-0.2, 0) is 9.53 Å². The lowest BCUT2D eigenvalue weighted by Gasteiger charge is -2.07. The highest BCUT2D eigenvalue weighted by Gasteiger charge is 1.97. The Labute approximate surface area is 93.6 Å². The van der Waals surface area contributed by atoms with Gasteiger partial charge in [-0.15, -0.1) is 0 Å². The quantitative estimate of drug-likeness (QED) is 0.566. The third kappa shape index (κ3) is 11.5. The molecule has 0 atom stereocenters. The van der Waals surface area contributed by atoms with Crippen molar-refractivity contribution in [2.45, 2.75) is 40.0 Å². The van der Waals surface area contributed by atoms with E-state index in [0.717, 1.165) is 26.1 Å². The zero-order valence-electron chi connectivity index (χ0n) is 10.3. The Balaban J connectivity index is 3.02. The van der Waals surface area contributed by atoms with Crippen molar-refractivity contribution in [1.29, 1.82) is 0 Å². The molecule has 0 aliphatic rings. The van der Waals surface area contributed by atoms with Crippen molar-refractivity contribution in [3.05, 3.63) is 0 Å². The summed E-state index contributed by atoms with van der Waals surface area (Å²) in [6.07, 6.45) is 2.17. The Morgan fingerprint density at radius 1 is 1.33 bits per heavy atom. The number of Topliss-reactive ketones (excluding diaryl/α,β-unsaturated/α-hetero) is 1. The van der Waals surface area contributed by atoms with Gasteiger partial charge in [0.25, 0.3) is 0 Å². The Kier molecular flexibility index (Phi) is 9.84. The first-order valence-corrected chi connectivity index (χ1v) is 5.97. The number of ether oxygens (including phenoxy) is 1. The Hall–Kier alpha value is -0.410. The Morgan fingerprint density at radius 3 is 2.67 bits per heavy atom. The van der Waals surface area contributed by atoms with Gasteiger partial charge in [0.2, 0.25) is 0 Å². The summed E-state index contributed by atoms with van der Waals surface area (Å²) in [5, 5.41) is 3.30. The van der Waals surface area contributed by atoms with Crippen LogP contribution < -0.4 is 5.32 Å². The molecule has 0 rings (SSSR count). The lowest BCUT2D eigenvalue weighted by Crippen LogP contribution is -2.24. The van der Waals surface area contributed by atoms with Crippen LogP contribution in [0.25, 0.3) is 0 Å². The molecule has 3 nitrogen and oxygen atoms in total. The fraction of sp³-hybridized carbons (Fsp3) is 0.917. The minimum Gasteiger partial charge on any atom is -0.380 e. The fourth-order valence-corrected chi connectivity index (χ4v) is 1.19. The summed E-state index contributed by atoms with van der Waals surface area (Å²) in [5.74, 6) is 1.02. The number of nitrogens with one attached hydrogen (secondary N) is 1. The van der Waals surface area contributed by atoms with Gasteiger partial charge in [-0.3, -0.25) is 4.79 Å². The van der Waals surface area contributed by atoms with Gasteiger partial charge >= 0.3 is 0 Å². The Bertz CT molecular complexity index is 158. The molecule has 1 N–H and O–H groups in total. The maximum absolute atomic E-state index is 11.0. The molecular formula is C12H25NO2. The van der Waals surface area contributed by atoms with E-state index in [1.165, 1.54) is 0 Å². The standard InChI is InChI=1S/C12H25NO2/c1-4-12(14)6-5-8-15-9-7-13-10-11(2)3/h11,13H,4-10H2,1-3H3. The van der Waals surface area contributed by atoms with E-state index >= 15 is 0 Å². The molecule has 0 spiro atoms.